The molecule has 0 radical (unpaired) electrons. The highest BCUT2D eigenvalue weighted by molar-refractivity contribution is 7.91. The lowest BCUT2D eigenvalue weighted by atomic mass is 10.2. The maximum Gasteiger partial charge on any atom is 0.153 e. The van der Waals surface area contributed by atoms with Gasteiger partial charge in [-0.15, -0.1) is 0 Å². The summed E-state index contributed by atoms with van der Waals surface area (Å²) < 4.78 is 28.2. The highest BCUT2D eigenvalue weighted by Crippen LogP contribution is 2.07. The molecule has 1 atom stereocenters. The summed E-state index contributed by atoms with van der Waals surface area (Å²) in [6.45, 7) is 7.42. The Balaban J connectivity index is 2.37. The molecular weight excluding hydrogens is 252 g/mol. The minimum absolute atomic E-state index is 0.104. The van der Waals surface area contributed by atoms with Crippen molar-refractivity contribution >= 4 is 9.84 Å². The fraction of sp³-hybridized carbons (Fsp3) is 1.00. The van der Waals surface area contributed by atoms with Crippen LogP contribution in [0.4, 0.5) is 0 Å². The molecule has 0 aromatic carbocycles. The second kappa shape index (κ2) is 7.43. The van der Waals surface area contributed by atoms with E-state index in [1.807, 2.05) is 0 Å². The number of nitrogens with zero attached hydrogens (tertiary/aromatic N) is 1. The van der Waals surface area contributed by atoms with E-state index in [9.17, 15) is 8.42 Å². The molecule has 0 aromatic rings. The van der Waals surface area contributed by atoms with E-state index < -0.39 is 9.84 Å². The van der Waals surface area contributed by atoms with E-state index in [0.29, 0.717) is 19.2 Å². The molecule has 1 heterocycles. The van der Waals surface area contributed by atoms with Crippen molar-refractivity contribution in [1.82, 2.24) is 10.2 Å². The first-order chi connectivity index (χ1) is 8.44. The maximum absolute atomic E-state index is 11.5. The first-order valence-electron chi connectivity index (χ1n) is 6.61. The van der Waals surface area contributed by atoms with Gasteiger partial charge in [0.25, 0.3) is 0 Å². The van der Waals surface area contributed by atoms with Gasteiger partial charge in [0.1, 0.15) is 0 Å². The Hall–Kier alpha value is -0.170. The summed E-state index contributed by atoms with van der Waals surface area (Å²) in [4.78, 5) is 2.33. The van der Waals surface area contributed by atoms with Crippen LogP contribution in [-0.2, 0) is 14.6 Å². The van der Waals surface area contributed by atoms with Gasteiger partial charge in [0, 0.05) is 38.8 Å². The van der Waals surface area contributed by atoms with Crippen LogP contribution in [0.3, 0.4) is 0 Å². The molecule has 1 fully saturated rings. The standard InChI is InChI=1S/C12H26N2O3S/c1-11(2)14(7-8-17-3)6-4-12-10-18(15,16)9-5-13-12/h11-13H,4-10H2,1-3H3. The summed E-state index contributed by atoms with van der Waals surface area (Å²) in [5.41, 5.74) is 0. The fourth-order valence-electron chi connectivity index (χ4n) is 2.21. The van der Waals surface area contributed by atoms with Crippen LogP contribution in [0, 0.1) is 0 Å². The molecule has 18 heavy (non-hydrogen) atoms. The maximum atomic E-state index is 11.5. The van der Waals surface area contributed by atoms with E-state index >= 15 is 0 Å². The molecule has 1 saturated heterocycles. The average molecular weight is 278 g/mol. The summed E-state index contributed by atoms with van der Waals surface area (Å²) in [7, 11) is -1.12. The van der Waals surface area contributed by atoms with Crippen LogP contribution in [0.15, 0.2) is 0 Å². The summed E-state index contributed by atoms with van der Waals surface area (Å²) >= 11 is 0. The lowest BCUT2D eigenvalue weighted by molar-refractivity contribution is 0.126. The Labute approximate surface area is 111 Å². The van der Waals surface area contributed by atoms with Crippen molar-refractivity contribution in [3.05, 3.63) is 0 Å². The molecule has 1 N–H and O–H groups in total. The molecule has 0 aliphatic carbocycles. The average Bonchev–Trinajstić information content (AvgIpc) is 2.27. The van der Waals surface area contributed by atoms with Crippen molar-refractivity contribution in [3.63, 3.8) is 0 Å². The molecule has 108 valence electrons. The number of ether oxygens (including phenoxy) is 1. The topological polar surface area (TPSA) is 58.6 Å². The number of nitrogens with one attached hydrogen (secondary N) is 1. The highest BCUT2D eigenvalue weighted by atomic mass is 32.2. The van der Waals surface area contributed by atoms with Crippen LogP contribution >= 0.6 is 0 Å². The van der Waals surface area contributed by atoms with Gasteiger partial charge in [-0.3, -0.25) is 4.90 Å². The third kappa shape index (κ3) is 5.65. The Morgan fingerprint density at radius 1 is 1.39 bits per heavy atom. The molecule has 0 aromatic heterocycles. The molecule has 1 aliphatic rings. The third-order valence-electron chi connectivity index (χ3n) is 3.38. The smallest absolute Gasteiger partial charge is 0.153 e. The lowest BCUT2D eigenvalue weighted by Gasteiger charge is -2.30. The first-order valence-corrected chi connectivity index (χ1v) is 8.43. The normalized spacial score (nSPS) is 23.7. The Morgan fingerprint density at radius 3 is 2.67 bits per heavy atom. The van der Waals surface area contributed by atoms with Gasteiger partial charge in [-0.05, 0) is 20.3 Å². The van der Waals surface area contributed by atoms with Crippen molar-refractivity contribution in [2.75, 3.05) is 44.9 Å². The molecule has 5 nitrogen and oxygen atoms in total. The third-order valence-corrected chi connectivity index (χ3v) is 5.12. The summed E-state index contributed by atoms with van der Waals surface area (Å²) in [6.07, 6.45) is 0.876. The van der Waals surface area contributed by atoms with E-state index in [1.165, 1.54) is 0 Å². The minimum atomic E-state index is -2.82. The van der Waals surface area contributed by atoms with Crippen molar-refractivity contribution in [2.45, 2.75) is 32.4 Å². The number of hydrogen-bond donors (Lipinski definition) is 1. The van der Waals surface area contributed by atoms with Gasteiger partial charge >= 0.3 is 0 Å². The molecule has 6 heteroatoms. The Kier molecular flexibility index (Phi) is 6.55. The van der Waals surface area contributed by atoms with Crippen LogP contribution in [0.2, 0.25) is 0 Å². The van der Waals surface area contributed by atoms with Gasteiger partial charge in [0.15, 0.2) is 9.84 Å². The SMILES string of the molecule is COCCN(CCC1CS(=O)(=O)CCN1)C(C)C. The lowest BCUT2D eigenvalue weighted by Crippen LogP contribution is -2.47. The Morgan fingerprint density at radius 2 is 2.11 bits per heavy atom. The zero-order valence-corrected chi connectivity index (χ0v) is 12.5. The number of rotatable bonds is 7. The summed E-state index contributed by atoms with van der Waals surface area (Å²) in [5, 5.41) is 3.29. The molecule has 0 saturated carbocycles. The van der Waals surface area contributed by atoms with Crippen molar-refractivity contribution < 1.29 is 13.2 Å². The molecule has 0 amide bonds. The quantitative estimate of drug-likeness (QED) is 0.717. The van der Waals surface area contributed by atoms with Gasteiger partial charge < -0.3 is 10.1 Å². The first kappa shape index (κ1) is 15.9. The number of methoxy groups -OCH3 is 1. The Bertz CT molecular complexity index is 330. The highest BCUT2D eigenvalue weighted by Gasteiger charge is 2.24. The molecular formula is C12H26N2O3S. The van der Waals surface area contributed by atoms with E-state index in [2.05, 4.69) is 24.1 Å². The second-order valence-electron chi connectivity index (χ2n) is 5.18. The van der Waals surface area contributed by atoms with Crippen LogP contribution in [0.25, 0.3) is 0 Å². The zero-order valence-electron chi connectivity index (χ0n) is 11.7. The van der Waals surface area contributed by atoms with Gasteiger partial charge in [0.05, 0.1) is 18.1 Å². The molecule has 1 rings (SSSR count). The monoisotopic (exact) mass is 278 g/mol. The molecule has 0 bridgehead atoms. The van der Waals surface area contributed by atoms with E-state index in [4.69, 9.17) is 4.74 Å². The fourth-order valence-corrected chi connectivity index (χ4v) is 3.70. The van der Waals surface area contributed by atoms with Crippen molar-refractivity contribution in [3.8, 4) is 0 Å². The predicted molar refractivity (Wildman–Crippen MR) is 73.6 cm³/mol. The van der Waals surface area contributed by atoms with Crippen LogP contribution in [-0.4, -0.2) is 70.3 Å². The largest absolute Gasteiger partial charge is 0.383 e. The second-order valence-corrected chi connectivity index (χ2v) is 7.41. The van der Waals surface area contributed by atoms with Crippen LogP contribution < -0.4 is 5.32 Å². The molecule has 0 spiro atoms. The van der Waals surface area contributed by atoms with Crippen molar-refractivity contribution in [2.24, 2.45) is 0 Å². The van der Waals surface area contributed by atoms with E-state index in [1.54, 1.807) is 7.11 Å². The van der Waals surface area contributed by atoms with Gasteiger partial charge in [-0.1, -0.05) is 0 Å². The van der Waals surface area contributed by atoms with Gasteiger partial charge in [-0.25, -0.2) is 8.42 Å². The van der Waals surface area contributed by atoms with E-state index in [-0.39, 0.29) is 17.5 Å². The summed E-state index contributed by atoms with van der Waals surface area (Å²) in [6, 6.07) is 0.563. The summed E-state index contributed by atoms with van der Waals surface area (Å²) in [5.74, 6) is 0.560. The van der Waals surface area contributed by atoms with Crippen LogP contribution in [0.1, 0.15) is 20.3 Å². The van der Waals surface area contributed by atoms with Crippen molar-refractivity contribution in [1.29, 1.82) is 0 Å². The molecule has 1 aliphatic heterocycles. The predicted octanol–water partition coefficient (Wildman–Crippen LogP) is 0.120. The number of sulfone groups is 1. The number of hydrogen-bond acceptors (Lipinski definition) is 5. The van der Waals surface area contributed by atoms with Gasteiger partial charge in [-0.2, -0.15) is 0 Å². The minimum Gasteiger partial charge on any atom is -0.383 e. The van der Waals surface area contributed by atoms with Gasteiger partial charge in [0.2, 0.25) is 0 Å². The van der Waals surface area contributed by atoms with E-state index in [0.717, 1.165) is 19.5 Å². The molecule has 1 unspecified atom stereocenters. The van der Waals surface area contributed by atoms with Crippen LogP contribution in [0.5, 0.6) is 0 Å². The zero-order chi connectivity index (χ0) is 13.6.